The molecule has 2 rings (SSSR count). The van der Waals surface area contributed by atoms with Crippen molar-refractivity contribution >= 4 is 11.9 Å². The molecule has 1 aromatic rings. The number of carbonyl (C=O) groups excluding carboxylic acids is 2. The number of esters is 1. The molecule has 2 N–H and O–H groups in total. The summed E-state index contributed by atoms with van der Waals surface area (Å²) in [6.45, 7) is 0.862. The summed E-state index contributed by atoms with van der Waals surface area (Å²) >= 11 is 0. The number of nitrogens with zero attached hydrogens (tertiary/aromatic N) is 1. The van der Waals surface area contributed by atoms with Crippen LogP contribution in [-0.4, -0.2) is 36.2 Å². The van der Waals surface area contributed by atoms with Gasteiger partial charge in [0.2, 0.25) is 5.91 Å². The van der Waals surface area contributed by atoms with Crippen molar-refractivity contribution in [3.63, 3.8) is 0 Å². The second-order valence-corrected chi connectivity index (χ2v) is 4.71. The summed E-state index contributed by atoms with van der Waals surface area (Å²) < 4.78 is 10.6. The molecule has 6 heteroatoms. The monoisotopic (exact) mass is 278 g/mol. The SMILES string of the molecule is NC(=O)c1ccnc(C(=O)OCCCOC2CCC2)c1. The molecular formula is C14H18N2O4. The minimum Gasteiger partial charge on any atom is -0.461 e. The standard InChI is InChI=1S/C14H18N2O4/c15-13(17)10-5-6-16-12(9-10)14(18)20-8-2-7-19-11-3-1-4-11/h5-6,9,11H,1-4,7-8H2,(H2,15,17). The van der Waals surface area contributed by atoms with Crippen LogP contribution in [0.2, 0.25) is 0 Å². The Morgan fingerprint density at radius 2 is 2.15 bits per heavy atom. The second kappa shape index (κ2) is 7.00. The van der Waals surface area contributed by atoms with Crippen molar-refractivity contribution in [3.8, 4) is 0 Å². The molecule has 0 aliphatic heterocycles. The zero-order chi connectivity index (χ0) is 14.4. The minimum atomic E-state index is -0.602. The Labute approximate surface area is 117 Å². The highest BCUT2D eigenvalue weighted by molar-refractivity contribution is 5.95. The predicted octanol–water partition coefficient (Wildman–Crippen LogP) is 1.30. The van der Waals surface area contributed by atoms with Crippen molar-refractivity contribution < 1.29 is 19.1 Å². The number of nitrogens with two attached hydrogens (primary N) is 1. The van der Waals surface area contributed by atoms with Gasteiger partial charge in [-0.25, -0.2) is 9.78 Å². The quantitative estimate of drug-likeness (QED) is 0.599. The molecule has 1 aromatic heterocycles. The summed E-state index contributed by atoms with van der Waals surface area (Å²) in [7, 11) is 0. The van der Waals surface area contributed by atoms with Crippen LogP contribution in [0, 0.1) is 0 Å². The van der Waals surface area contributed by atoms with Gasteiger partial charge in [0.1, 0.15) is 5.69 Å². The molecular weight excluding hydrogens is 260 g/mol. The van der Waals surface area contributed by atoms with E-state index in [-0.39, 0.29) is 17.9 Å². The lowest BCUT2D eigenvalue weighted by Crippen LogP contribution is -2.22. The first kappa shape index (κ1) is 14.5. The fraction of sp³-hybridized carbons (Fsp3) is 0.500. The molecule has 1 amide bonds. The molecule has 20 heavy (non-hydrogen) atoms. The van der Waals surface area contributed by atoms with Gasteiger partial charge in [0.05, 0.1) is 19.3 Å². The van der Waals surface area contributed by atoms with E-state index in [1.165, 1.54) is 24.8 Å². The fourth-order valence-corrected chi connectivity index (χ4v) is 1.78. The summed E-state index contributed by atoms with van der Waals surface area (Å²) in [5.74, 6) is -1.16. The Balaban J connectivity index is 1.70. The van der Waals surface area contributed by atoms with E-state index in [1.807, 2.05) is 0 Å². The Hall–Kier alpha value is -1.95. The summed E-state index contributed by atoms with van der Waals surface area (Å²) in [5.41, 5.74) is 5.45. The lowest BCUT2D eigenvalue weighted by Gasteiger charge is -2.25. The third-order valence-electron chi connectivity index (χ3n) is 3.18. The molecule has 0 bridgehead atoms. The predicted molar refractivity (Wildman–Crippen MR) is 71.2 cm³/mol. The van der Waals surface area contributed by atoms with Crippen molar-refractivity contribution in [2.45, 2.75) is 31.8 Å². The number of amides is 1. The van der Waals surface area contributed by atoms with Crippen molar-refractivity contribution in [1.82, 2.24) is 4.98 Å². The molecule has 0 spiro atoms. The highest BCUT2D eigenvalue weighted by Gasteiger charge is 2.17. The topological polar surface area (TPSA) is 91.5 Å². The summed E-state index contributed by atoms with van der Waals surface area (Å²) in [4.78, 5) is 26.6. The molecule has 0 unspecified atom stereocenters. The average Bonchev–Trinajstić information content (AvgIpc) is 2.40. The Morgan fingerprint density at radius 1 is 1.35 bits per heavy atom. The minimum absolute atomic E-state index is 0.0845. The normalized spacial score (nSPS) is 14.6. The van der Waals surface area contributed by atoms with Crippen LogP contribution < -0.4 is 5.73 Å². The van der Waals surface area contributed by atoms with Crippen LogP contribution in [0.1, 0.15) is 46.5 Å². The molecule has 0 aromatic carbocycles. The van der Waals surface area contributed by atoms with Crippen LogP contribution in [0.15, 0.2) is 18.3 Å². The average molecular weight is 278 g/mol. The zero-order valence-electron chi connectivity index (χ0n) is 11.2. The number of ether oxygens (including phenoxy) is 2. The van der Waals surface area contributed by atoms with Gasteiger partial charge in [-0.05, 0) is 31.4 Å². The molecule has 0 atom stereocenters. The van der Waals surface area contributed by atoms with Crippen LogP contribution in [0.4, 0.5) is 0 Å². The number of aromatic nitrogens is 1. The van der Waals surface area contributed by atoms with Gasteiger partial charge in [-0.15, -0.1) is 0 Å². The van der Waals surface area contributed by atoms with Gasteiger partial charge >= 0.3 is 5.97 Å². The fourth-order valence-electron chi connectivity index (χ4n) is 1.78. The smallest absolute Gasteiger partial charge is 0.356 e. The highest BCUT2D eigenvalue weighted by Crippen LogP contribution is 2.21. The van der Waals surface area contributed by atoms with Gasteiger partial charge in [-0.3, -0.25) is 4.79 Å². The third-order valence-corrected chi connectivity index (χ3v) is 3.18. The number of hydrogen-bond donors (Lipinski definition) is 1. The summed E-state index contributed by atoms with van der Waals surface area (Å²) in [6, 6.07) is 2.78. The highest BCUT2D eigenvalue weighted by atomic mass is 16.5. The molecule has 1 fully saturated rings. The van der Waals surface area contributed by atoms with Gasteiger partial charge in [0, 0.05) is 18.2 Å². The number of primary amides is 1. The maximum absolute atomic E-state index is 11.7. The Kier molecular flexibility index (Phi) is 5.06. The third kappa shape index (κ3) is 4.03. The van der Waals surface area contributed by atoms with Crippen molar-refractivity contribution in [2.75, 3.05) is 13.2 Å². The number of hydrogen-bond acceptors (Lipinski definition) is 5. The van der Waals surface area contributed by atoms with Crippen molar-refractivity contribution in [2.24, 2.45) is 5.73 Å². The van der Waals surface area contributed by atoms with Crippen LogP contribution in [0.5, 0.6) is 0 Å². The summed E-state index contributed by atoms with van der Waals surface area (Å²) in [5, 5.41) is 0. The number of carbonyl (C=O) groups is 2. The molecule has 1 saturated carbocycles. The molecule has 108 valence electrons. The largest absolute Gasteiger partial charge is 0.461 e. The van der Waals surface area contributed by atoms with Gasteiger partial charge < -0.3 is 15.2 Å². The van der Waals surface area contributed by atoms with E-state index in [0.29, 0.717) is 19.1 Å². The maximum atomic E-state index is 11.7. The van der Waals surface area contributed by atoms with E-state index < -0.39 is 11.9 Å². The van der Waals surface area contributed by atoms with Crippen LogP contribution in [0.3, 0.4) is 0 Å². The first-order valence-corrected chi connectivity index (χ1v) is 6.71. The lowest BCUT2D eigenvalue weighted by atomic mass is 9.96. The molecule has 1 aliphatic carbocycles. The van der Waals surface area contributed by atoms with Gasteiger partial charge in [-0.2, -0.15) is 0 Å². The lowest BCUT2D eigenvalue weighted by molar-refractivity contribution is -0.00657. The molecule has 6 nitrogen and oxygen atoms in total. The van der Waals surface area contributed by atoms with Crippen LogP contribution >= 0.6 is 0 Å². The van der Waals surface area contributed by atoms with Gasteiger partial charge in [0.25, 0.3) is 0 Å². The van der Waals surface area contributed by atoms with E-state index in [0.717, 1.165) is 12.8 Å². The van der Waals surface area contributed by atoms with E-state index in [2.05, 4.69) is 4.98 Å². The first-order valence-electron chi connectivity index (χ1n) is 6.71. The van der Waals surface area contributed by atoms with E-state index in [9.17, 15) is 9.59 Å². The number of pyridine rings is 1. The maximum Gasteiger partial charge on any atom is 0.356 e. The van der Waals surface area contributed by atoms with Gasteiger partial charge in [-0.1, -0.05) is 0 Å². The van der Waals surface area contributed by atoms with Crippen LogP contribution in [-0.2, 0) is 9.47 Å². The van der Waals surface area contributed by atoms with Crippen LogP contribution in [0.25, 0.3) is 0 Å². The molecule has 1 heterocycles. The van der Waals surface area contributed by atoms with E-state index >= 15 is 0 Å². The molecule has 0 saturated heterocycles. The summed E-state index contributed by atoms with van der Waals surface area (Å²) in [6.07, 6.45) is 5.89. The van der Waals surface area contributed by atoms with E-state index in [1.54, 1.807) is 0 Å². The second-order valence-electron chi connectivity index (χ2n) is 4.71. The number of rotatable bonds is 7. The first-order chi connectivity index (χ1) is 9.66. The van der Waals surface area contributed by atoms with Gasteiger partial charge in [0.15, 0.2) is 0 Å². The zero-order valence-corrected chi connectivity index (χ0v) is 11.2. The Morgan fingerprint density at radius 3 is 2.80 bits per heavy atom. The Bertz CT molecular complexity index is 486. The van der Waals surface area contributed by atoms with Crippen molar-refractivity contribution in [1.29, 1.82) is 0 Å². The molecule has 0 radical (unpaired) electrons. The van der Waals surface area contributed by atoms with Crippen molar-refractivity contribution in [3.05, 3.63) is 29.6 Å². The molecule has 1 aliphatic rings. The van der Waals surface area contributed by atoms with E-state index in [4.69, 9.17) is 15.2 Å².